The third kappa shape index (κ3) is 5.92. The highest BCUT2D eigenvalue weighted by Gasteiger charge is 2.05. The lowest BCUT2D eigenvalue weighted by Crippen LogP contribution is -2.17. The minimum atomic E-state index is 0.472. The van der Waals surface area contributed by atoms with Crippen molar-refractivity contribution in [1.29, 1.82) is 0 Å². The summed E-state index contributed by atoms with van der Waals surface area (Å²) < 4.78 is 10.5. The van der Waals surface area contributed by atoms with Crippen molar-refractivity contribution in [1.82, 2.24) is 0 Å². The molecule has 0 radical (unpaired) electrons. The predicted octanol–water partition coefficient (Wildman–Crippen LogP) is 3.56. The summed E-state index contributed by atoms with van der Waals surface area (Å²) in [4.78, 5) is 0. The molecular formula is C15H25NO2. The molecule has 3 heteroatoms. The fourth-order valence-corrected chi connectivity index (χ4v) is 1.97. The summed E-state index contributed by atoms with van der Waals surface area (Å²) in [5.74, 6) is 1.59. The van der Waals surface area contributed by atoms with Gasteiger partial charge in [0.2, 0.25) is 0 Å². The first kappa shape index (κ1) is 14.8. The Morgan fingerprint density at radius 2 is 1.94 bits per heavy atom. The van der Waals surface area contributed by atoms with E-state index in [0.717, 1.165) is 17.9 Å². The van der Waals surface area contributed by atoms with E-state index in [9.17, 15) is 0 Å². The van der Waals surface area contributed by atoms with Crippen LogP contribution in [-0.2, 0) is 4.74 Å². The molecule has 0 aliphatic heterocycles. The molecular weight excluding hydrogens is 226 g/mol. The van der Waals surface area contributed by atoms with Crippen LogP contribution in [0.3, 0.4) is 0 Å². The second kappa shape index (κ2) is 7.98. The van der Waals surface area contributed by atoms with Crippen LogP contribution in [0.5, 0.6) is 5.75 Å². The highest BCUT2D eigenvalue weighted by Crippen LogP contribution is 2.19. The van der Waals surface area contributed by atoms with E-state index >= 15 is 0 Å². The summed E-state index contributed by atoms with van der Waals surface area (Å²) >= 11 is 0. The van der Waals surface area contributed by atoms with Crippen molar-refractivity contribution in [3.8, 4) is 5.75 Å². The average molecular weight is 251 g/mol. The van der Waals surface area contributed by atoms with Gasteiger partial charge in [-0.1, -0.05) is 19.9 Å². The molecule has 1 unspecified atom stereocenters. The molecule has 0 bridgehead atoms. The van der Waals surface area contributed by atoms with Gasteiger partial charge in [-0.15, -0.1) is 0 Å². The number of hydrogen-bond acceptors (Lipinski definition) is 3. The van der Waals surface area contributed by atoms with Crippen molar-refractivity contribution in [3.63, 3.8) is 0 Å². The third-order valence-corrected chi connectivity index (χ3v) is 2.63. The maximum atomic E-state index is 5.58. The van der Waals surface area contributed by atoms with Gasteiger partial charge >= 0.3 is 0 Å². The van der Waals surface area contributed by atoms with Gasteiger partial charge in [-0.25, -0.2) is 0 Å². The minimum absolute atomic E-state index is 0.472. The molecule has 3 nitrogen and oxygen atoms in total. The van der Waals surface area contributed by atoms with Crippen molar-refractivity contribution in [2.24, 2.45) is 5.92 Å². The zero-order chi connectivity index (χ0) is 13.4. The molecule has 0 saturated heterocycles. The first-order valence-electron chi connectivity index (χ1n) is 6.60. The topological polar surface area (TPSA) is 30.5 Å². The van der Waals surface area contributed by atoms with Gasteiger partial charge in [0.05, 0.1) is 6.61 Å². The normalized spacial score (nSPS) is 12.5. The van der Waals surface area contributed by atoms with E-state index in [-0.39, 0.29) is 0 Å². The molecule has 0 aromatic heterocycles. The monoisotopic (exact) mass is 251 g/mol. The van der Waals surface area contributed by atoms with Gasteiger partial charge in [-0.05, 0) is 31.4 Å². The van der Waals surface area contributed by atoms with Gasteiger partial charge in [0.1, 0.15) is 12.4 Å². The fourth-order valence-electron chi connectivity index (χ4n) is 1.97. The minimum Gasteiger partial charge on any atom is -0.491 e. The van der Waals surface area contributed by atoms with E-state index in [1.807, 2.05) is 18.2 Å². The number of methoxy groups -OCH3 is 1. The number of anilines is 1. The van der Waals surface area contributed by atoms with Gasteiger partial charge in [0, 0.05) is 24.9 Å². The lowest BCUT2D eigenvalue weighted by atomic mass is 10.1. The van der Waals surface area contributed by atoms with Gasteiger partial charge < -0.3 is 14.8 Å². The Hall–Kier alpha value is -1.22. The number of hydrogen-bond donors (Lipinski definition) is 1. The largest absolute Gasteiger partial charge is 0.491 e. The summed E-state index contributed by atoms with van der Waals surface area (Å²) in [5, 5.41) is 3.49. The van der Waals surface area contributed by atoms with Crippen LogP contribution in [0.15, 0.2) is 24.3 Å². The number of rotatable bonds is 8. The summed E-state index contributed by atoms with van der Waals surface area (Å²) in [6, 6.07) is 8.55. The van der Waals surface area contributed by atoms with Crippen LogP contribution in [0.4, 0.5) is 5.69 Å². The van der Waals surface area contributed by atoms with Gasteiger partial charge in [0.15, 0.2) is 0 Å². The van der Waals surface area contributed by atoms with Crippen molar-refractivity contribution in [2.45, 2.75) is 33.2 Å². The maximum Gasteiger partial charge on any atom is 0.121 e. The molecule has 1 N–H and O–H groups in total. The summed E-state index contributed by atoms with van der Waals surface area (Å²) in [5.41, 5.74) is 1.11. The molecule has 102 valence electrons. The Morgan fingerprint density at radius 1 is 1.17 bits per heavy atom. The Balaban J connectivity index is 2.48. The SMILES string of the molecule is COCCOc1cccc(NC(C)CC(C)C)c1. The summed E-state index contributed by atoms with van der Waals surface area (Å²) in [6.45, 7) is 7.88. The van der Waals surface area contributed by atoms with E-state index in [2.05, 4.69) is 32.2 Å². The van der Waals surface area contributed by atoms with E-state index in [1.54, 1.807) is 7.11 Å². The highest BCUT2D eigenvalue weighted by atomic mass is 16.5. The van der Waals surface area contributed by atoms with Crippen molar-refractivity contribution >= 4 is 5.69 Å². The Morgan fingerprint density at radius 3 is 2.61 bits per heavy atom. The van der Waals surface area contributed by atoms with E-state index in [4.69, 9.17) is 9.47 Å². The Kier molecular flexibility index (Phi) is 6.58. The second-order valence-electron chi connectivity index (χ2n) is 5.04. The molecule has 1 aromatic rings. The first-order valence-corrected chi connectivity index (χ1v) is 6.60. The number of ether oxygens (including phenoxy) is 2. The zero-order valence-electron chi connectivity index (χ0n) is 11.9. The summed E-state index contributed by atoms with van der Waals surface area (Å²) in [6.07, 6.45) is 1.16. The Bertz CT molecular complexity index is 339. The quantitative estimate of drug-likeness (QED) is 0.717. The molecule has 0 aliphatic rings. The van der Waals surface area contributed by atoms with Crippen molar-refractivity contribution < 1.29 is 9.47 Å². The number of nitrogens with one attached hydrogen (secondary N) is 1. The lowest BCUT2D eigenvalue weighted by molar-refractivity contribution is 0.146. The molecule has 0 heterocycles. The molecule has 0 amide bonds. The smallest absolute Gasteiger partial charge is 0.121 e. The lowest BCUT2D eigenvalue weighted by Gasteiger charge is -2.17. The van der Waals surface area contributed by atoms with Crippen LogP contribution in [-0.4, -0.2) is 26.4 Å². The molecule has 1 rings (SSSR count). The van der Waals surface area contributed by atoms with Crippen LogP contribution < -0.4 is 10.1 Å². The van der Waals surface area contributed by atoms with Crippen LogP contribution >= 0.6 is 0 Å². The molecule has 0 spiro atoms. The van der Waals surface area contributed by atoms with Gasteiger partial charge in [-0.3, -0.25) is 0 Å². The highest BCUT2D eigenvalue weighted by molar-refractivity contribution is 5.48. The van der Waals surface area contributed by atoms with Crippen LogP contribution in [0.1, 0.15) is 27.2 Å². The fraction of sp³-hybridized carbons (Fsp3) is 0.600. The third-order valence-electron chi connectivity index (χ3n) is 2.63. The molecule has 18 heavy (non-hydrogen) atoms. The van der Waals surface area contributed by atoms with Crippen LogP contribution in [0.2, 0.25) is 0 Å². The molecule has 0 aliphatic carbocycles. The van der Waals surface area contributed by atoms with Crippen LogP contribution in [0.25, 0.3) is 0 Å². The van der Waals surface area contributed by atoms with Crippen molar-refractivity contribution in [2.75, 3.05) is 25.6 Å². The average Bonchev–Trinajstić information content (AvgIpc) is 2.28. The molecule has 0 saturated carbocycles. The molecule has 1 atom stereocenters. The molecule has 0 fully saturated rings. The standard InChI is InChI=1S/C15H25NO2/c1-12(2)10-13(3)16-14-6-5-7-15(11-14)18-9-8-17-4/h5-7,11-13,16H,8-10H2,1-4H3. The van der Waals surface area contributed by atoms with Crippen LogP contribution in [0, 0.1) is 5.92 Å². The van der Waals surface area contributed by atoms with E-state index in [0.29, 0.717) is 25.2 Å². The first-order chi connectivity index (χ1) is 8.61. The van der Waals surface area contributed by atoms with Gasteiger partial charge in [0.25, 0.3) is 0 Å². The number of benzene rings is 1. The van der Waals surface area contributed by atoms with Crippen molar-refractivity contribution in [3.05, 3.63) is 24.3 Å². The van der Waals surface area contributed by atoms with E-state index in [1.165, 1.54) is 0 Å². The van der Waals surface area contributed by atoms with E-state index < -0.39 is 0 Å². The maximum absolute atomic E-state index is 5.58. The van der Waals surface area contributed by atoms with Gasteiger partial charge in [-0.2, -0.15) is 0 Å². The zero-order valence-corrected chi connectivity index (χ0v) is 11.9. The Labute approximate surface area is 110 Å². The predicted molar refractivity (Wildman–Crippen MR) is 76.4 cm³/mol. The summed E-state index contributed by atoms with van der Waals surface area (Å²) in [7, 11) is 1.68. The second-order valence-corrected chi connectivity index (χ2v) is 5.04. The molecule has 1 aromatic carbocycles.